The summed E-state index contributed by atoms with van der Waals surface area (Å²) >= 11 is 0. The van der Waals surface area contributed by atoms with Crippen molar-refractivity contribution in [3.8, 4) is 11.5 Å². The highest BCUT2D eigenvalue weighted by atomic mass is 19.4. The van der Waals surface area contributed by atoms with Crippen molar-refractivity contribution in [3.05, 3.63) is 59.4 Å². The predicted molar refractivity (Wildman–Crippen MR) is 68.6 cm³/mol. The maximum absolute atomic E-state index is 13.5. The van der Waals surface area contributed by atoms with Crippen LogP contribution in [0.2, 0.25) is 0 Å². The number of rotatable bonds is 4. The van der Waals surface area contributed by atoms with Gasteiger partial charge in [0.2, 0.25) is 0 Å². The Balaban J connectivity index is 1.99. The molecular formula is C15H12F4O2. The van der Waals surface area contributed by atoms with Gasteiger partial charge < -0.3 is 9.47 Å². The summed E-state index contributed by atoms with van der Waals surface area (Å²) in [6.07, 6.45) is -4.72. The standard InChI is InChI=1S/C15H12F4O2/c1-10-2-7-13(16)14(8-10)20-9-11-3-5-12(6-4-11)21-15(17,18)19/h2-8H,9H2,1H3. The molecular weight excluding hydrogens is 288 g/mol. The zero-order valence-electron chi connectivity index (χ0n) is 11.1. The van der Waals surface area contributed by atoms with Crippen LogP contribution in [-0.2, 0) is 6.61 Å². The van der Waals surface area contributed by atoms with Gasteiger partial charge in [-0.05, 0) is 42.3 Å². The first-order chi connectivity index (χ1) is 9.83. The third kappa shape index (κ3) is 4.66. The summed E-state index contributed by atoms with van der Waals surface area (Å²) in [5.41, 5.74) is 1.45. The largest absolute Gasteiger partial charge is 0.573 e. The van der Waals surface area contributed by atoms with Crippen LogP contribution in [0.3, 0.4) is 0 Å². The van der Waals surface area contributed by atoms with E-state index in [1.807, 2.05) is 0 Å². The van der Waals surface area contributed by atoms with Crippen molar-refractivity contribution >= 4 is 0 Å². The normalized spacial score (nSPS) is 11.3. The molecule has 21 heavy (non-hydrogen) atoms. The van der Waals surface area contributed by atoms with Crippen LogP contribution < -0.4 is 9.47 Å². The number of hydrogen-bond donors (Lipinski definition) is 0. The van der Waals surface area contributed by atoms with Crippen LogP contribution in [0.1, 0.15) is 11.1 Å². The number of halogens is 4. The lowest BCUT2D eigenvalue weighted by Crippen LogP contribution is -2.17. The van der Waals surface area contributed by atoms with Gasteiger partial charge in [-0.3, -0.25) is 0 Å². The minimum Gasteiger partial charge on any atom is -0.486 e. The van der Waals surface area contributed by atoms with E-state index in [1.54, 1.807) is 19.1 Å². The molecule has 0 radical (unpaired) electrons. The van der Waals surface area contributed by atoms with E-state index in [-0.39, 0.29) is 18.1 Å². The van der Waals surface area contributed by atoms with Gasteiger partial charge in [-0.2, -0.15) is 0 Å². The lowest BCUT2D eigenvalue weighted by atomic mass is 10.2. The number of benzene rings is 2. The summed E-state index contributed by atoms with van der Waals surface area (Å²) in [6, 6.07) is 9.67. The Morgan fingerprint density at radius 1 is 1.00 bits per heavy atom. The molecule has 2 nitrogen and oxygen atoms in total. The molecule has 0 atom stereocenters. The van der Waals surface area contributed by atoms with Crippen LogP contribution in [-0.4, -0.2) is 6.36 Å². The number of aryl methyl sites for hydroxylation is 1. The molecule has 0 fully saturated rings. The average molecular weight is 300 g/mol. The summed E-state index contributed by atoms with van der Waals surface area (Å²) < 4.78 is 58.5. The molecule has 0 spiro atoms. The fraction of sp³-hybridized carbons (Fsp3) is 0.200. The maximum Gasteiger partial charge on any atom is 0.573 e. The second-order valence-electron chi connectivity index (χ2n) is 4.41. The van der Waals surface area contributed by atoms with Gasteiger partial charge in [-0.15, -0.1) is 13.2 Å². The number of ether oxygens (including phenoxy) is 2. The smallest absolute Gasteiger partial charge is 0.486 e. The molecule has 0 aliphatic carbocycles. The fourth-order valence-corrected chi connectivity index (χ4v) is 1.67. The third-order valence-electron chi connectivity index (χ3n) is 2.64. The first kappa shape index (κ1) is 15.2. The van der Waals surface area contributed by atoms with E-state index in [0.29, 0.717) is 5.56 Å². The molecule has 6 heteroatoms. The molecule has 0 aliphatic heterocycles. The van der Waals surface area contributed by atoms with Crippen molar-refractivity contribution in [1.29, 1.82) is 0 Å². The lowest BCUT2D eigenvalue weighted by molar-refractivity contribution is -0.274. The molecule has 0 heterocycles. The Bertz CT molecular complexity index is 606. The van der Waals surface area contributed by atoms with Gasteiger partial charge in [-0.1, -0.05) is 18.2 Å². The zero-order chi connectivity index (χ0) is 15.5. The molecule has 112 valence electrons. The van der Waals surface area contributed by atoms with E-state index < -0.39 is 12.2 Å². The quantitative estimate of drug-likeness (QED) is 0.768. The predicted octanol–water partition coefficient (Wildman–Crippen LogP) is 4.61. The van der Waals surface area contributed by atoms with Crippen LogP contribution in [0.15, 0.2) is 42.5 Å². The van der Waals surface area contributed by atoms with Crippen LogP contribution in [0, 0.1) is 12.7 Å². The van der Waals surface area contributed by atoms with E-state index in [2.05, 4.69) is 4.74 Å². The molecule has 0 amide bonds. The Labute approximate surface area is 118 Å². The molecule has 2 aromatic rings. The van der Waals surface area contributed by atoms with E-state index in [0.717, 1.165) is 5.56 Å². The summed E-state index contributed by atoms with van der Waals surface area (Å²) in [5.74, 6) is -0.698. The highest BCUT2D eigenvalue weighted by Crippen LogP contribution is 2.24. The Hall–Kier alpha value is -2.24. The van der Waals surface area contributed by atoms with E-state index >= 15 is 0 Å². The average Bonchev–Trinajstić information content (AvgIpc) is 2.40. The highest BCUT2D eigenvalue weighted by Gasteiger charge is 2.30. The van der Waals surface area contributed by atoms with Crippen LogP contribution in [0.25, 0.3) is 0 Å². The zero-order valence-corrected chi connectivity index (χ0v) is 11.1. The van der Waals surface area contributed by atoms with Crippen LogP contribution in [0.5, 0.6) is 11.5 Å². The van der Waals surface area contributed by atoms with Crippen LogP contribution in [0.4, 0.5) is 17.6 Å². The Morgan fingerprint density at radius 3 is 2.29 bits per heavy atom. The first-order valence-corrected chi connectivity index (χ1v) is 6.07. The summed E-state index contributed by atoms with van der Waals surface area (Å²) in [7, 11) is 0. The van der Waals surface area contributed by atoms with Gasteiger partial charge >= 0.3 is 6.36 Å². The SMILES string of the molecule is Cc1ccc(F)c(OCc2ccc(OC(F)(F)F)cc2)c1. The fourth-order valence-electron chi connectivity index (χ4n) is 1.67. The minimum atomic E-state index is -4.72. The summed E-state index contributed by atoms with van der Waals surface area (Å²) in [6.45, 7) is 1.85. The van der Waals surface area contributed by atoms with Gasteiger partial charge in [-0.25, -0.2) is 4.39 Å². The topological polar surface area (TPSA) is 18.5 Å². The second-order valence-corrected chi connectivity index (χ2v) is 4.41. The van der Waals surface area contributed by atoms with Gasteiger partial charge in [0.15, 0.2) is 11.6 Å². The van der Waals surface area contributed by atoms with Gasteiger partial charge in [0.1, 0.15) is 12.4 Å². The lowest BCUT2D eigenvalue weighted by Gasteiger charge is -2.10. The van der Waals surface area contributed by atoms with E-state index in [1.165, 1.54) is 30.3 Å². The monoisotopic (exact) mass is 300 g/mol. The third-order valence-corrected chi connectivity index (χ3v) is 2.64. The van der Waals surface area contributed by atoms with Crippen molar-refractivity contribution in [3.63, 3.8) is 0 Å². The maximum atomic E-state index is 13.5. The van der Waals surface area contributed by atoms with Gasteiger partial charge in [0.05, 0.1) is 0 Å². The molecule has 0 aliphatic rings. The Morgan fingerprint density at radius 2 is 1.67 bits per heavy atom. The molecule has 0 saturated carbocycles. The van der Waals surface area contributed by atoms with E-state index in [9.17, 15) is 17.6 Å². The molecule has 2 aromatic carbocycles. The van der Waals surface area contributed by atoms with Gasteiger partial charge in [0, 0.05) is 0 Å². The highest BCUT2D eigenvalue weighted by molar-refractivity contribution is 5.31. The van der Waals surface area contributed by atoms with Crippen molar-refractivity contribution in [2.24, 2.45) is 0 Å². The van der Waals surface area contributed by atoms with Crippen molar-refractivity contribution in [1.82, 2.24) is 0 Å². The van der Waals surface area contributed by atoms with Crippen LogP contribution >= 0.6 is 0 Å². The summed E-state index contributed by atoms with van der Waals surface area (Å²) in [4.78, 5) is 0. The van der Waals surface area contributed by atoms with Crippen molar-refractivity contribution in [2.75, 3.05) is 0 Å². The molecule has 2 rings (SSSR count). The number of alkyl halides is 3. The molecule has 0 aromatic heterocycles. The summed E-state index contributed by atoms with van der Waals surface area (Å²) in [5, 5.41) is 0. The number of hydrogen-bond acceptors (Lipinski definition) is 2. The molecule has 0 unspecified atom stereocenters. The molecule has 0 N–H and O–H groups in total. The van der Waals surface area contributed by atoms with Gasteiger partial charge in [0.25, 0.3) is 0 Å². The van der Waals surface area contributed by atoms with E-state index in [4.69, 9.17) is 4.74 Å². The minimum absolute atomic E-state index is 0.0483. The molecule has 0 bridgehead atoms. The second kappa shape index (κ2) is 6.03. The molecule has 0 saturated heterocycles. The Kier molecular flexibility index (Phi) is 4.35. The van der Waals surface area contributed by atoms with Crippen molar-refractivity contribution in [2.45, 2.75) is 19.9 Å². The van der Waals surface area contributed by atoms with Crippen molar-refractivity contribution < 1.29 is 27.0 Å². The first-order valence-electron chi connectivity index (χ1n) is 6.07.